The fraction of sp³-hybridized carbons (Fsp3) is 0.375. The van der Waals surface area contributed by atoms with Gasteiger partial charge in [-0.25, -0.2) is 0 Å². The first-order valence-corrected chi connectivity index (χ1v) is 8.06. The fourth-order valence-electron chi connectivity index (χ4n) is 2.26. The molecular formula is C16H19Cl2N3O. The van der Waals surface area contributed by atoms with Crippen LogP contribution in [0.5, 0.6) is 0 Å². The highest BCUT2D eigenvalue weighted by Gasteiger charge is 2.15. The minimum Gasteiger partial charge on any atom is -0.323 e. The molecule has 118 valence electrons. The maximum Gasteiger partial charge on any atom is 0.227 e. The van der Waals surface area contributed by atoms with Crippen LogP contribution in [-0.2, 0) is 11.3 Å². The zero-order chi connectivity index (χ0) is 16.1. The molecule has 0 radical (unpaired) electrons. The highest BCUT2D eigenvalue weighted by Crippen LogP contribution is 2.25. The Hall–Kier alpha value is -1.52. The lowest BCUT2D eigenvalue weighted by Crippen LogP contribution is -2.21. The summed E-state index contributed by atoms with van der Waals surface area (Å²) < 4.78 is 1.70. The van der Waals surface area contributed by atoms with Crippen LogP contribution in [0.2, 0.25) is 10.0 Å². The molecule has 22 heavy (non-hydrogen) atoms. The van der Waals surface area contributed by atoms with Crippen molar-refractivity contribution in [3.8, 4) is 0 Å². The molecule has 1 heterocycles. The number of benzene rings is 1. The summed E-state index contributed by atoms with van der Waals surface area (Å²) in [5, 5.41) is 8.34. The lowest BCUT2D eigenvalue weighted by Gasteiger charge is -2.11. The molecule has 2 rings (SSSR count). The summed E-state index contributed by atoms with van der Waals surface area (Å²) in [6, 6.07) is 5.39. The van der Waals surface area contributed by atoms with E-state index < -0.39 is 0 Å². The van der Waals surface area contributed by atoms with Crippen molar-refractivity contribution in [1.29, 1.82) is 0 Å². The molecule has 1 aromatic carbocycles. The van der Waals surface area contributed by atoms with Gasteiger partial charge in [0.2, 0.25) is 5.91 Å². The number of nitrogens with zero attached hydrogens (tertiary/aromatic N) is 2. The minimum atomic E-state index is 0.0281. The largest absolute Gasteiger partial charge is 0.323 e. The van der Waals surface area contributed by atoms with Gasteiger partial charge in [0.05, 0.1) is 18.4 Å². The molecule has 6 heteroatoms. The standard InChI is InChI=1S/C16H19Cl2N3O/c1-3-11(4-2)16(22)20-12-8-19-21(9-12)10-13-14(17)6-5-7-15(13)18/h5-9,11H,3-4,10H2,1-2H3,(H,20,22). The quantitative estimate of drug-likeness (QED) is 0.834. The Labute approximate surface area is 140 Å². The molecule has 0 atom stereocenters. The molecular weight excluding hydrogens is 321 g/mol. The number of aromatic nitrogens is 2. The van der Waals surface area contributed by atoms with Gasteiger partial charge in [-0.1, -0.05) is 43.1 Å². The summed E-state index contributed by atoms with van der Waals surface area (Å²) in [6.07, 6.45) is 5.06. The number of carbonyl (C=O) groups excluding carboxylic acids is 1. The first-order valence-electron chi connectivity index (χ1n) is 7.31. The normalized spacial score (nSPS) is 11.0. The molecule has 0 aliphatic heterocycles. The zero-order valence-electron chi connectivity index (χ0n) is 12.6. The van der Waals surface area contributed by atoms with E-state index in [4.69, 9.17) is 23.2 Å². The van der Waals surface area contributed by atoms with Crippen molar-refractivity contribution < 1.29 is 4.79 Å². The molecule has 1 aromatic heterocycles. The third-order valence-electron chi connectivity index (χ3n) is 3.64. The van der Waals surface area contributed by atoms with Crippen molar-refractivity contribution in [2.75, 3.05) is 5.32 Å². The number of rotatable bonds is 6. The summed E-state index contributed by atoms with van der Waals surface area (Å²) >= 11 is 12.3. The van der Waals surface area contributed by atoms with Crippen LogP contribution in [0, 0.1) is 5.92 Å². The van der Waals surface area contributed by atoms with Crippen molar-refractivity contribution >= 4 is 34.8 Å². The van der Waals surface area contributed by atoms with E-state index in [1.165, 1.54) is 0 Å². The summed E-state index contributed by atoms with van der Waals surface area (Å²) in [7, 11) is 0. The number of halogens is 2. The minimum absolute atomic E-state index is 0.0281. The number of nitrogens with one attached hydrogen (secondary N) is 1. The molecule has 0 spiro atoms. The summed E-state index contributed by atoms with van der Waals surface area (Å²) in [6.45, 7) is 4.48. The predicted molar refractivity (Wildman–Crippen MR) is 90.5 cm³/mol. The summed E-state index contributed by atoms with van der Waals surface area (Å²) in [4.78, 5) is 12.1. The molecule has 0 saturated heterocycles. The molecule has 2 aromatic rings. The van der Waals surface area contributed by atoms with E-state index in [-0.39, 0.29) is 11.8 Å². The van der Waals surface area contributed by atoms with Crippen LogP contribution in [-0.4, -0.2) is 15.7 Å². The van der Waals surface area contributed by atoms with Crippen LogP contribution < -0.4 is 5.32 Å². The van der Waals surface area contributed by atoms with Gasteiger partial charge in [-0.2, -0.15) is 5.10 Å². The molecule has 0 unspecified atom stereocenters. The van der Waals surface area contributed by atoms with Crippen LogP contribution in [0.15, 0.2) is 30.6 Å². The molecule has 1 N–H and O–H groups in total. The smallest absolute Gasteiger partial charge is 0.227 e. The Morgan fingerprint density at radius 1 is 1.27 bits per heavy atom. The van der Waals surface area contributed by atoms with Gasteiger partial charge >= 0.3 is 0 Å². The van der Waals surface area contributed by atoms with E-state index in [9.17, 15) is 4.79 Å². The zero-order valence-corrected chi connectivity index (χ0v) is 14.2. The van der Waals surface area contributed by atoms with Crippen LogP contribution >= 0.6 is 23.2 Å². The van der Waals surface area contributed by atoms with Gasteiger partial charge in [0.25, 0.3) is 0 Å². The van der Waals surface area contributed by atoms with E-state index in [1.807, 2.05) is 13.8 Å². The average Bonchev–Trinajstić information content (AvgIpc) is 2.91. The Morgan fingerprint density at radius 2 is 1.91 bits per heavy atom. The Morgan fingerprint density at radius 3 is 2.50 bits per heavy atom. The van der Waals surface area contributed by atoms with E-state index in [0.717, 1.165) is 18.4 Å². The monoisotopic (exact) mass is 339 g/mol. The van der Waals surface area contributed by atoms with E-state index in [2.05, 4.69) is 10.4 Å². The number of amides is 1. The summed E-state index contributed by atoms with van der Waals surface area (Å²) in [5.74, 6) is 0.0571. The highest BCUT2D eigenvalue weighted by atomic mass is 35.5. The second-order valence-corrected chi connectivity index (χ2v) is 5.94. The second-order valence-electron chi connectivity index (χ2n) is 5.13. The van der Waals surface area contributed by atoms with Crippen molar-refractivity contribution in [3.63, 3.8) is 0 Å². The van der Waals surface area contributed by atoms with Gasteiger partial charge in [0.15, 0.2) is 0 Å². The van der Waals surface area contributed by atoms with Crippen LogP contribution in [0.25, 0.3) is 0 Å². The van der Waals surface area contributed by atoms with Gasteiger partial charge in [0, 0.05) is 27.7 Å². The van der Waals surface area contributed by atoms with E-state index in [1.54, 1.807) is 35.3 Å². The van der Waals surface area contributed by atoms with Crippen molar-refractivity contribution in [1.82, 2.24) is 9.78 Å². The van der Waals surface area contributed by atoms with Gasteiger partial charge in [-0.3, -0.25) is 9.48 Å². The Kier molecular flexibility index (Phi) is 5.86. The molecule has 0 fully saturated rings. The fourth-order valence-corrected chi connectivity index (χ4v) is 2.78. The van der Waals surface area contributed by atoms with Gasteiger partial charge in [-0.15, -0.1) is 0 Å². The van der Waals surface area contributed by atoms with Crippen LogP contribution in [0.3, 0.4) is 0 Å². The van der Waals surface area contributed by atoms with E-state index in [0.29, 0.717) is 22.3 Å². The third-order valence-corrected chi connectivity index (χ3v) is 4.35. The van der Waals surface area contributed by atoms with Crippen molar-refractivity contribution in [3.05, 3.63) is 46.2 Å². The maximum absolute atomic E-state index is 12.1. The number of carbonyl (C=O) groups is 1. The van der Waals surface area contributed by atoms with E-state index >= 15 is 0 Å². The van der Waals surface area contributed by atoms with Gasteiger partial charge < -0.3 is 5.32 Å². The van der Waals surface area contributed by atoms with Crippen LogP contribution in [0.4, 0.5) is 5.69 Å². The molecule has 0 aliphatic carbocycles. The Balaban J connectivity index is 2.07. The molecule has 1 amide bonds. The second kappa shape index (κ2) is 7.65. The van der Waals surface area contributed by atoms with Crippen molar-refractivity contribution in [2.45, 2.75) is 33.2 Å². The molecule has 4 nitrogen and oxygen atoms in total. The molecule has 0 bridgehead atoms. The van der Waals surface area contributed by atoms with Crippen LogP contribution in [0.1, 0.15) is 32.3 Å². The Bertz CT molecular complexity index is 630. The van der Waals surface area contributed by atoms with Gasteiger partial charge in [-0.05, 0) is 25.0 Å². The first kappa shape index (κ1) is 16.8. The molecule has 0 aliphatic rings. The number of anilines is 1. The topological polar surface area (TPSA) is 46.9 Å². The highest BCUT2D eigenvalue weighted by molar-refractivity contribution is 6.35. The average molecular weight is 340 g/mol. The lowest BCUT2D eigenvalue weighted by molar-refractivity contribution is -0.120. The van der Waals surface area contributed by atoms with Gasteiger partial charge in [0.1, 0.15) is 0 Å². The predicted octanol–water partition coefficient (Wildman–Crippen LogP) is 4.61. The summed E-state index contributed by atoms with van der Waals surface area (Å²) in [5.41, 5.74) is 1.49. The van der Waals surface area contributed by atoms with Crippen molar-refractivity contribution in [2.24, 2.45) is 5.92 Å². The first-order chi connectivity index (χ1) is 10.5. The SMILES string of the molecule is CCC(CC)C(=O)Nc1cnn(Cc2c(Cl)cccc2Cl)c1. The number of hydrogen-bond acceptors (Lipinski definition) is 2. The third kappa shape index (κ3) is 4.02. The molecule has 0 saturated carbocycles. The maximum atomic E-state index is 12.1. The lowest BCUT2D eigenvalue weighted by atomic mass is 10.0. The number of hydrogen-bond donors (Lipinski definition) is 1.